The number of esters is 1. The van der Waals surface area contributed by atoms with Crippen molar-refractivity contribution in [3.63, 3.8) is 0 Å². The zero-order valence-corrected chi connectivity index (χ0v) is 18.5. The number of carbonyl (C=O) groups excluding carboxylic acids is 1. The van der Waals surface area contributed by atoms with Crippen LogP contribution in [0.3, 0.4) is 0 Å². The number of halogens is 4. The molecule has 0 unspecified atom stereocenters. The largest absolute Gasteiger partial charge is 0.462 e. The Balaban J connectivity index is 1.82. The number of aryl methyl sites for hydroxylation is 1. The minimum Gasteiger partial charge on any atom is -0.462 e. The molecule has 4 aromatic rings. The smallest absolute Gasteiger partial charge is 0.435 e. The molecule has 0 aliphatic heterocycles. The molecule has 180 valence electrons. The molecule has 0 amide bonds. The summed E-state index contributed by atoms with van der Waals surface area (Å²) in [5.74, 6) is -1.30. The third-order valence-electron chi connectivity index (χ3n) is 4.79. The van der Waals surface area contributed by atoms with E-state index >= 15 is 0 Å². The van der Waals surface area contributed by atoms with Crippen molar-refractivity contribution in [1.82, 2.24) is 24.7 Å². The van der Waals surface area contributed by atoms with E-state index in [1.54, 1.807) is 19.9 Å². The van der Waals surface area contributed by atoms with Crippen LogP contribution in [0.4, 0.5) is 29.2 Å². The van der Waals surface area contributed by atoms with Gasteiger partial charge in [0.2, 0.25) is 5.95 Å². The molecule has 4 rings (SSSR count). The van der Waals surface area contributed by atoms with Crippen molar-refractivity contribution in [3.05, 3.63) is 77.8 Å². The summed E-state index contributed by atoms with van der Waals surface area (Å²) >= 11 is 0. The number of pyridine rings is 1. The zero-order valence-electron chi connectivity index (χ0n) is 18.5. The SMILES string of the molecule is CCOC(=O)c1cncc(-c2cnc(Nc3cc(C)ccc3F)nc2-n2ccc(C(F)(F)F)n2)c1. The maximum absolute atomic E-state index is 14.2. The summed E-state index contributed by atoms with van der Waals surface area (Å²) in [5, 5.41) is 6.33. The van der Waals surface area contributed by atoms with Gasteiger partial charge >= 0.3 is 12.1 Å². The van der Waals surface area contributed by atoms with Gasteiger partial charge in [-0.15, -0.1) is 0 Å². The lowest BCUT2D eigenvalue weighted by molar-refractivity contribution is -0.141. The van der Waals surface area contributed by atoms with Gasteiger partial charge in [-0.1, -0.05) is 6.07 Å². The Morgan fingerprint density at radius 3 is 2.66 bits per heavy atom. The van der Waals surface area contributed by atoms with Crippen LogP contribution in [0.25, 0.3) is 16.9 Å². The summed E-state index contributed by atoms with van der Waals surface area (Å²) in [5.41, 5.74) is 0.440. The van der Waals surface area contributed by atoms with Gasteiger partial charge in [-0.3, -0.25) is 4.98 Å². The van der Waals surface area contributed by atoms with E-state index in [2.05, 4.69) is 25.4 Å². The lowest BCUT2D eigenvalue weighted by atomic mass is 10.1. The Hall–Kier alpha value is -4.35. The van der Waals surface area contributed by atoms with E-state index in [1.165, 1.54) is 36.8 Å². The fourth-order valence-electron chi connectivity index (χ4n) is 3.17. The molecule has 0 aliphatic rings. The first kappa shape index (κ1) is 23.8. The van der Waals surface area contributed by atoms with Crippen LogP contribution in [0, 0.1) is 12.7 Å². The van der Waals surface area contributed by atoms with E-state index in [0.717, 1.165) is 22.5 Å². The molecule has 0 aliphatic carbocycles. The molecular formula is C23H18F4N6O2. The standard InChI is InChI=1S/C23H18F4N6O2/c1-3-35-21(34)15-9-14(10-28-11-15)16-12-29-22(30-18-8-13(2)4-5-17(18)24)31-20(16)33-7-6-19(32-33)23(25,26)27/h4-12H,3H2,1-2H3,(H,29,30,31). The maximum Gasteiger partial charge on any atom is 0.435 e. The molecule has 0 spiro atoms. The van der Waals surface area contributed by atoms with Gasteiger partial charge in [-0.25, -0.2) is 18.9 Å². The number of ether oxygens (including phenoxy) is 1. The molecule has 8 nitrogen and oxygen atoms in total. The number of nitrogens with zero attached hydrogens (tertiary/aromatic N) is 5. The number of hydrogen-bond acceptors (Lipinski definition) is 7. The summed E-state index contributed by atoms with van der Waals surface area (Å²) < 4.78 is 59.7. The third kappa shape index (κ3) is 5.26. The molecular weight excluding hydrogens is 468 g/mol. The van der Waals surface area contributed by atoms with Crippen LogP contribution >= 0.6 is 0 Å². The number of anilines is 2. The Kier molecular flexibility index (Phi) is 6.45. The number of benzene rings is 1. The van der Waals surface area contributed by atoms with E-state index in [1.807, 2.05) is 0 Å². The van der Waals surface area contributed by atoms with Crippen molar-refractivity contribution >= 4 is 17.6 Å². The Bertz CT molecular complexity index is 1390. The Morgan fingerprint density at radius 1 is 1.14 bits per heavy atom. The van der Waals surface area contributed by atoms with Crippen LogP contribution in [0.15, 0.2) is 55.1 Å². The molecule has 0 bridgehead atoms. The highest BCUT2D eigenvalue weighted by molar-refractivity contribution is 5.90. The molecule has 35 heavy (non-hydrogen) atoms. The predicted molar refractivity (Wildman–Crippen MR) is 118 cm³/mol. The van der Waals surface area contributed by atoms with Gasteiger partial charge in [0.05, 0.1) is 17.9 Å². The van der Waals surface area contributed by atoms with Crippen molar-refractivity contribution in [2.24, 2.45) is 0 Å². The molecule has 0 fully saturated rings. The second-order valence-corrected chi connectivity index (χ2v) is 7.37. The molecule has 0 saturated carbocycles. The number of aromatic nitrogens is 5. The summed E-state index contributed by atoms with van der Waals surface area (Å²) in [6.45, 7) is 3.58. The first-order chi connectivity index (χ1) is 16.7. The van der Waals surface area contributed by atoms with Crippen molar-refractivity contribution in [2.75, 3.05) is 11.9 Å². The molecule has 1 aromatic carbocycles. The van der Waals surface area contributed by atoms with E-state index in [4.69, 9.17) is 4.74 Å². The topological polar surface area (TPSA) is 94.8 Å². The summed E-state index contributed by atoms with van der Waals surface area (Å²) in [6, 6.07) is 6.64. The summed E-state index contributed by atoms with van der Waals surface area (Å²) in [6.07, 6.45) is 0.434. The van der Waals surface area contributed by atoms with Gasteiger partial charge in [-0.05, 0) is 43.7 Å². The van der Waals surface area contributed by atoms with Crippen LogP contribution in [-0.4, -0.2) is 37.3 Å². The van der Waals surface area contributed by atoms with E-state index in [9.17, 15) is 22.4 Å². The highest BCUT2D eigenvalue weighted by atomic mass is 19.4. The molecule has 1 N–H and O–H groups in total. The molecule has 0 saturated heterocycles. The fraction of sp³-hybridized carbons (Fsp3) is 0.174. The molecule has 12 heteroatoms. The molecule has 3 aromatic heterocycles. The maximum atomic E-state index is 14.2. The van der Waals surface area contributed by atoms with Crippen molar-refractivity contribution in [3.8, 4) is 16.9 Å². The number of carbonyl (C=O) groups is 1. The van der Waals surface area contributed by atoms with Crippen LogP contribution in [-0.2, 0) is 10.9 Å². The van der Waals surface area contributed by atoms with E-state index < -0.39 is 23.7 Å². The van der Waals surface area contributed by atoms with Crippen LogP contribution in [0.5, 0.6) is 0 Å². The van der Waals surface area contributed by atoms with Crippen molar-refractivity contribution < 1.29 is 27.1 Å². The van der Waals surface area contributed by atoms with Crippen LogP contribution in [0.2, 0.25) is 0 Å². The van der Waals surface area contributed by atoms with Crippen molar-refractivity contribution in [2.45, 2.75) is 20.0 Å². The number of alkyl halides is 3. The fourth-order valence-corrected chi connectivity index (χ4v) is 3.17. The van der Waals surface area contributed by atoms with E-state index in [0.29, 0.717) is 5.56 Å². The monoisotopic (exact) mass is 486 g/mol. The van der Waals surface area contributed by atoms with Gasteiger partial charge in [0, 0.05) is 35.9 Å². The average molecular weight is 486 g/mol. The van der Waals surface area contributed by atoms with Crippen LogP contribution < -0.4 is 5.32 Å². The molecule has 0 radical (unpaired) electrons. The third-order valence-corrected chi connectivity index (χ3v) is 4.79. The van der Waals surface area contributed by atoms with Gasteiger partial charge in [0.15, 0.2) is 11.5 Å². The van der Waals surface area contributed by atoms with Crippen molar-refractivity contribution in [1.29, 1.82) is 0 Å². The number of nitrogens with one attached hydrogen (secondary N) is 1. The molecule has 3 heterocycles. The zero-order chi connectivity index (χ0) is 25.2. The molecule has 0 atom stereocenters. The Morgan fingerprint density at radius 2 is 1.94 bits per heavy atom. The second kappa shape index (κ2) is 9.49. The first-order valence-electron chi connectivity index (χ1n) is 10.3. The number of rotatable bonds is 6. The minimum atomic E-state index is -4.67. The van der Waals surface area contributed by atoms with Gasteiger partial charge < -0.3 is 10.1 Å². The minimum absolute atomic E-state index is 0.0473. The highest BCUT2D eigenvalue weighted by Gasteiger charge is 2.34. The van der Waals surface area contributed by atoms with Crippen LogP contribution in [0.1, 0.15) is 28.5 Å². The van der Waals surface area contributed by atoms with Gasteiger partial charge in [0.1, 0.15) is 5.82 Å². The number of hydrogen-bond donors (Lipinski definition) is 1. The summed E-state index contributed by atoms with van der Waals surface area (Å²) in [4.78, 5) is 24.6. The van der Waals surface area contributed by atoms with Gasteiger partial charge in [-0.2, -0.15) is 23.3 Å². The lowest BCUT2D eigenvalue weighted by Crippen LogP contribution is -2.10. The quantitative estimate of drug-likeness (QED) is 0.299. The lowest BCUT2D eigenvalue weighted by Gasteiger charge is -2.13. The average Bonchev–Trinajstić information content (AvgIpc) is 3.33. The second-order valence-electron chi connectivity index (χ2n) is 7.37. The predicted octanol–water partition coefficient (Wildman–Crippen LogP) is 5.11. The summed E-state index contributed by atoms with van der Waals surface area (Å²) in [7, 11) is 0. The Labute approximate surface area is 196 Å². The van der Waals surface area contributed by atoms with Gasteiger partial charge in [0.25, 0.3) is 0 Å². The highest BCUT2D eigenvalue weighted by Crippen LogP contribution is 2.31. The first-order valence-corrected chi connectivity index (χ1v) is 10.3. The van der Waals surface area contributed by atoms with E-state index in [-0.39, 0.29) is 35.2 Å². The normalized spacial score (nSPS) is 11.4.